The Morgan fingerprint density at radius 3 is 2.34 bits per heavy atom. The molecule has 1 N–H and O–H groups in total. The number of nitrogens with one attached hydrogen (secondary N) is 1. The molecule has 2 aliphatic heterocycles. The lowest BCUT2D eigenvalue weighted by Gasteiger charge is -2.36. The van der Waals surface area contributed by atoms with Crippen LogP contribution in [-0.4, -0.2) is 54.7 Å². The number of rotatable bonds is 4. The Hall–Kier alpha value is -2.74. The minimum absolute atomic E-state index is 0.159. The monoisotopic (exact) mass is 421 g/mol. The van der Waals surface area contributed by atoms with E-state index in [1.807, 2.05) is 17.9 Å². The molecule has 2 heterocycles. The van der Waals surface area contributed by atoms with Crippen molar-refractivity contribution in [1.29, 1.82) is 0 Å². The smallest absolute Gasteiger partial charge is 0.350 e. The molecule has 0 spiro atoms. The molecular formula is C20H24ClN3O5. The molecular weight excluding hydrogens is 398 g/mol. The van der Waals surface area contributed by atoms with Crippen molar-refractivity contribution in [2.45, 2.75) is 33.0 Å². The molecule has 8 nitrogen and oxygen atoms in total. The molecule has 29 heavy (non-hydrogen) atoms. The van der Waals surface area contributed by atoms with Crippen molar-refractivity contribution < 1.29 is 23.9 Å². The van der Waals surface area contributed by atoms with Crippen LogP contribution in [0, 0.1) is 0 Å². The van der Waals surface area contributed by atoms with Gasteiger partial charge in [0.25, 0.3) is 5.79 Å². The van der Waals surface area contributed by atoms with Gasteiger partial charge in [0.1, 0.15) is 0 Å². The minimum Gasteiger partial charge on any atom is -0.419 e. The number of amides is 1. The fourth-order valence-corrected chi connectivity index (χ4v) is 3.51. The lowest BCUT2D eigenvalue weighted by atomic mass is 10.2. The fourth-order valence-electron chi connectivity index (χ4n) is 3.21. The van der Waals surface area contributed by atoms with Crippen LogP contribution in [0.5, 0.6) is 0 Å². The van der Waals surface area contributed by atoms with Gasteiger partial charge in [0, 0.05) is 58.3 Å². The highest BCUT2D eigenvalue weighted by atomic mass is 35.5. The van der Waals surface area contributed by atoms with Crippen molar-refractivity contribution in [3.63, 3.8) is 0 Å². The number of halogens is 1. The molecule has 0 radical (unpaired) electrons. The van der Waals surface area contributed by atoms with Gasteiger partial charge in [-0.05, 0) is 18.2 Å². The Bertz CT molecular complexity index is 838. The van der Waals surface area contributed by atoms with Gasteiger partial charge in [0.05, 0.1) is 10.7 Å². The van der Waals surface area contributed by atoms with Crippen molar-refractivity contribution >= 4 is 40.8 Å². The molecule has 1 aromatic rings. The Balaban J connectivity index is 1.65. The van der Waals surface area contributed by atoms with Crippen LogP contribution in [0.4, 0.5) is 11.4 Å². The molecule has 156 valence electrons. The number of carbonyl (C=O) groups excluding carboxylic acids is 3. The van der Waals surface area contributed by atoms with Crippen LogP contribution >= 0.6 is 11.6 Å². The molecule has 2 aliphatic rings. The van der Waals surface area contributed by atoms with Crippen molar-refractivity contribution in [3.8, 4) is 0 Å². The first kappa shape index (κ1) is 21.0. The zero-order valence-electron chi connectivity index (χ0n) is 16.7. The first-order chi connectivity index (χ1) is 13.7. The second-order valence-corrected chi connectivity index (χ2v) is 7.68. The highest BCUT2D eigenvalue weighted by molar-refractivity contribution is 6.33. The van der Waals surface area contributed by atoms with E-state index in [9.17, 15) is 14.4 Å². The summed E-state index contributed by atoms with van der Waals surface area (Å²) in [6, 6.07) is 5.37. The number of benzene rings is 1. The summed E-state index contributed by atoms with van der Waals surface area (Å²) in [5.74, 6) is -2.61. The molecule has 0 atom stereocenters. The van der Waals surface area contributed by atoms with Crippen LogP contribution in [0.25, 0.3) is 0 Å². The van der Waals surface area contributed by atoms with Crippen molar-refractivity contribution in [3.05, 3.63) is 35.0 Å². The van der Waals surface area contributed by atoms with Crippen molar-refractivity contribution in [2.24, 2.45) is 0 Å². The minimum atomic E-state index is -1.28. The Kier molecular flexibility index (Phi) is 6.02. The molecule has 1 amide bonds. The van der Waals surface area contributed by atoms with E-state index >= 15 is 0 Å². The molecule has 2 fully saturated rings. The number of hydrogen-bond donors (Lipinski definition) is 1. The highest BCUT2D eigenvalue weighted by Gasteiger charge is 2.38. The number of hydrogen-bond acceptors (Lipinski definition) is 7. The second-order valence-electron chi connectivity index (χ2n) is 7.27. The summed E-state index contributed by atoms with van der Waals surface area (Å²) in [7, 11) is 0. The van der Waals surface area contributed by atoms with E-state index in [-0.39, 0.29) is 11.5 Å². The predicted molar refractivity (Wildman–Crippen MR) is 109 cm³/mol. The van der Waals surface area contributed by atoms with E-state index in [0.717, 1.165) is 5.69 Å². The zero-order valence-corrected chi connectivity index (χ0v) is 17.4. The summed E-state index contributed by atoms with van der Waals surface area (Å²) in [5.41, 5.74) is 1.25. The van der Waals surface area contributed by atoms with Gasteiger partial charge in [0.2, 0.25) is 5.91 Å². The number of carbonyl (C=O) groups is 3. The summed E-state index contributed by atoms with van der Waals surface area (Å²) >= 11 is 6.44. The van der Waals surface area contributed by atoms with Crippen LogP contribution in [0.2, 0.25) is 5.02 Å². The lowest BCUT2D eigenvalue weighted by molar-refractivity contribution is -0.222. The molecule has 0 unspecified atom stereocenters. The van der Waals surface area contributed by atoms with Gasteiger partial charge < -0.3 is 24.6 Å². The van der Waals surface area contributed by atoms with Crippen LogP contribution < -0.4 is 10.2 Å². The molecule has 9 heteroatoms. The first-order valence-electron chi connectivity index (χ1n) is 9.46. The van der Waals surface area contributed by atoms with Gasteiger partial charge in [-0.1, -0.05) is 18.5 Å². The number of esters is 2. The molecule has 0 aliphatic carbocycles. The molecule has 2 saturated heterocycles. The Morgan fingerprint density at radius 1 is 1.17 bits per heavy atom. The number of piperazine rings is 1. The van der Waals surface area contributed by atoms with Gasteiger partial charge in [-0.15, -0.1) is 0 Å². The first-order valence-corrected chi connectivity index (χ1v) is 9.83. The van der Waals surface area contributed by atoms with Gasteiger partial charge >= 0.3 is 11.9 Å². The van der Waals surface area contributed by atoms with Crippen molar-refractivity contribution in [2.75, 3.05) is 36.4 Å². The third-order valence-corrected chi connectivity index (χ3v) is 5.03. The summed E-state index contributed by atoms with van der Waals surface area (Å²) in [5, 5.41) is 3.41. The van der Waals surface area contributed by atoms with Crippen LogP contribution in [0.15, 0.2) is 30.0 Å². The molecule has 0 saturated carbocycles. The summed E-state index contributed by atoms with van der Waals surface area (Å²) in [6.45, 7) is 7.57. The lowest BCUT2D eigenvalue weighted by Crippen LogP contribution is -2.48. The number of cyclic esters (lactones) is 2. The Morgan fingerprint density at radius 2 is 1.79 bits per heavy atom. The van der Waals surface area contributed by atoms with Crippen LogP contribution in [-0.2, 0) is 23.9 Å². The molecule has 1 aromatic carbocycles. The molecule has 0 aromatic heterocycles. The predicted octanol–water partition coefficient (Wildman–Crippen LogP) is 2.53. The Labute approximate surface area is 174 Å². The van der Waals surface area contributed by atoms with E-state index in [2.05, 4.69) is 10.2 Å². The van der Waals surface area contributed by atoms with E-state index in [4.69, 9.17) is 21.1 Å². The van der Waals surface area contributed by atoms with Crippen LogP contribution in [0.1, 0.15) is 27.2 Å². The highest BCUT2D eigenvalue weighted by Crippen LogP contribution is 2.30. The number of nitrogens with zero attached hydrogens (tertiary/aromatic N) is 2. The van der Waals surface area contributed by atoms with E-state index in [1.165, 1.54) is 20.0 Å². The largest absolute Gasteiger partial charge is 0.419 e. The third kappa shape index (κ3) is 4.82. The van der Waals surface area contributed by atoms with Gasteiger partial charge in [-0.3, -0.25) is 4.79 Å². The molecule has 0 bridgehead atoms. The maximum atomic E-state index is 12.0. The SMILES string of the molecule is CCC(=O)N1CCN(c2ccc(NC=C3C(=O)OC(C)(C)OC3=O)cc2Cl)CC1. The average molecular weight is 422 g/mol. The van der Waals surface area contributed by atoms with Gasteiger partial charge in [-0.25, -0.2) is 9.59 Å². The zero-order chi connectivity index (χ0) is 21.2. The third-order valence-electron chi connectivity index (χ3n) is 4.72. The second kappa shape index (κ2) is 8.32. The molecule has 3 rings (SSSR count). The summed E-state index contributed by atoms with van der Waals surface area (Å²) in [4.78, 5) is 39.7. The number of ether oxygens (including phenoxy) is 2. The maximum absolute atomic E-state index is 12.0. The summed E-state index contributed by atoms with van der Waals surface area (Å²) < 4.78 is 10.1. The summed E-state index contributed by atoms with van der Waals surface area (Å²) in [6.07, 6.45) is 1.76. The number of anilines is 2. The topological polar surface area (TPSA) is 88.2 Å². The van der Waals surface area contributed by atoms with E-state index in [1.54, 1.807) is 12.1 Å². The maximum Gasteiger partial charge on any atom is 0.350 e. The average Bonchev–Trinajstić information content (AvgIpc) is 2.66. The normalized spacial score (nSPS) is 18.8. The van der Waals surface area contributed by atoms with Gasteiger partial charge in [-0.2, -0.15) is 0 Å². The van der Waals surface area contributed by atoms with Crippen LogP contribution in [0.3, 0.4) is 0 Å². The standard InChI is InChI=1S/C20H24ClN3O5/c1-4-17(25)24-9-7-23(8-10-24)16-6-5-13(11-15(16)21)22-12-14-18(26)28-20(2,3)29-19(14)27/h5-6,11-12,22H,4,7-10H2,1-3H3. The fraction of sp³-hybridized carbons (Fsp3) is 0.450. The van der Waals surface area contributed by atoms with E-state index < -0.39 is 17.7 Å². The van der Waals surface area contributed by atoms with Crippen molar-refractivity contribution in [1.82, 2.24) is 4.90 Å². The van der Waals surface area contributed by atoms with E-state index in [0.29, 0.717) is 43.3 Å². The van der Waals surface area contributed by atoms with Gasteiger partial charge in [0.15, 0.2) is 5.57 Å². The quantitative estimate of drug-likeness (QED) is 0.454.